The number of hydrogen-bond donors (Lipinski definition) is 1. The van der Waals surface area contributed by atoms with E-state index in [4.69, 9.17) is 17.3 Å². The van der Waals surface area contributed by atoms with Crippen LogP contribution in [0.3, 0.4) is 0 Å². The van der Waals surface area contributed by atoms with E-state index >= 15 is 0 Å². The number of nitrogens with two attached hydrogens (primary N) is 1. The minimum atomic E-state index is -0.264. The fourth-order valence-electron chi connectivity index (χ4n) is 2.27. The largest absolute Gasteiger partial charge is 0.370 e. The second-order valence-corrected chi connectivity index (χ2v) is 5.01. The van der Waals surface area contributed by atoms with E-state index < -0.39 is 0 Å². The van der Waals surface area contributed by atoms with Gasteiger partial charge in [0.2, 0.25) is 5.91 Å². The lowest BCUT2D eigenvalue weighted by Crippen LogP contribution is -2.12. The van der Waals surface area contributed by atoms with Gasteiger partial charge in [-0.15, -0.1) is 11.6 Å². The van der Waals surface area contributed by atoms with Gasteiger partial charge in [-0.2, -0.15) is 0 Å². The molecule has 4 nitrogen and oxygen atoms in total. The molecule has 0 bridgehead atoms. The normalized spacial score (nSPS) is 11.1. The second kappa shape index (κ2) is 6.06. The predicted molar refractivity (Wildman–Crippen MR) is 77.3 cm³/mol. The van der Waals surface area contributed by atoms with Gasteiger partial charge in [0.05, 0.1) is 11.0 Å². The summed E-state index contributed by atoms with van der Waals surface area (Å²) >= 11 is 5.83. The molecule has 0 saturated heterocycles. The third kappa shape index (κ3) is 3.07. The van der Waals surface area contributed by atoms with Gasteiger partial charge in [-0.1, -0.05) is 12.1 Å². The van der Waals surface area contributed by atoms with E-state index in [0.29, 0.717) is 12.3 Å². The van der Waals surface area contributed by atoms with E-state index in [1.54, 1.807) is 0 Å². The molecule has 1 amide bonds. The summed E-state index contributed by atoms with van der Waals surface area (Å²) in [6.45, 7) is 2.79. The van der Waals surface area contributed by atoms with Crippen molar-refractivity contribution < 1.29 is 4.79 Å². The second-order valence-electron chi connectivity index (χ2n) is 4.63. The summed E-state index contributed by atoms with van der Waals surface area (Å²) in [5.41, 5.74) is 8.45. The van der Waals surface area contributed by atoms with Crippen LogP contribution < -0.4 is 5.73 Å². The first-order valence-corrected chi connectivity index (χ1v) is 6.96. The van der Waals surface area contributed by atoms with Gasteiger partial charge < -0.3 is 10.3 Å². The Morgan fingerprint density at radius 3 is 2.95 bits per heavy atom. The Kier molecular flexibility index (Phi) is 4.43. The van der Waals surface area contributed by atoms with Gasteiger partial charge in [0.15, 0.2) is 0 Å². The van der Waals surface area contributed by atoms with E-state index in [-0.39, 0.29) is 5.91 Å². The van der Waals surface area contributed by atoms with Crippen molar-refractivity contribution in [3.63, 3.8) is 0 Å². The van der Waals surface area contributed by atoms with Crippen LogP contribution >= 0.6 is 11.6 Å². The zero-order valence-corrected chi connectivity index (χ0v) is 11.8. The Bertz CT molecular complexity index is 592. The van der Waals surface area contributed by atoms with Crippen molar-refractivity contribution in [1.82, 2.24) is 9.55 Å². The van der Waals surface area contributed by atoms with Crippen molar-refractivity contribution >= 4 is 28.5 Å². The van der Waals surface area contributed by atoms with Crippen LogP contribution in [0.25, 0.3) is 11.0 Å². The summed E-state index contributed by atoms with van der Waals surface area (Å²) in [6.07, 6.45) is 1.85. The molecule has 1 heterocycles. The Balaban J connectivity index is 2.35. The number of primary amides is 1. The number of para-hydroxylation sites is 1. The standard InChI is InChI=1S/C14H18ClN3O/c1-10-4-2-5-11-14(10)17-13(7-8-15)18(11)9-3-6-12(16)19/h2,4-5H,3,6-9H2,1H3,(H2,16,19). The number of benzene rings is 1. The number of amides is 1. The quantitative estimate of drug-likeness (QED) is 0.826. The number of aromatic nitrogens is 2. The van der Waals surface area contributed by atoms with Crippen LogP contribution in [0.4, 0.5) is 0 Å². The monoisotopic (exact) mass is 279 g/mol. The van der Waals surface area contributed by atoms with Crippen molar-refractivity contribution in [2.24, 2.45) is 5.73 Å². The lowest BCUT2D eigenvalue weighted by atomic mass is 10.2. The van der Waals surface area contributed by atoms with Crippen LogP contribution in [0.2, 0.25) is 0 Å². The lowest BCUT2D eigenvalue weighted by molar-refractivity contribution is -0.118. The maximum atomic E-state index is 10.8. The summed E-state index contributed by atoms with van der Waals surface area (Å²) in [5, 5.41) is 0. The molecule has 1 aromatic heterocycles. The highest BCUT2D eigenvalue weighted by atomic mass is 35.5. The number of fused-ring (bicyclic) bond motifs is 1. The van der Waals surface area contributed by atoms with Crippen LogP contribution in [-0.2, 0) is 17.8 Å². The number of aryl methyl sites for hydroxylation is 3. The molecule has 0 atom stereocenters. The molecule has 0 saturated carbocycles. The van der Waals surface area contributed by atoms with E-state index in [2.05, 4.69) is 15.6 Å². The predicted octanol–water partition coefficient (Wildman–Crippen LogP) is 2.39. The highest BCUT2D eigenvalue weighted by Crippen LogP contribution is 2.21. The molecular weight excluding hydrogens is 262 g/mol. The molecule has 0 spiro atoms. The number of imidazole rings is 1. The summed E-state index contributed by atoms with van der Waals surface area (Å²) < 4.78 is 2.15. The summed E-state index contributed by atoms with van der Waals surface area (Å²) in [6, 6.07) is 6.12. The van der Waals surface area contributed by atoms with Crippen LogP contribution in [0.15, 0.2) is 18.2 Å². The number of hydrogen-bond acceptors (Lipinski definition) is 2. The number of rotatable bonds is 6. The zero-order chi connectivity index (χ0) is 13.8. The van der Waals surface area contributed by atoms with Gasteiger partial charge in [-0.05, 0) is 25.0 Å². The van der Waals surface area contributed by atoms with Crippen molar-refractivity contribution in [2.45, 2.75) is 32.7 Å². The Labute approximate surface area is 117 Å². The van der Waals surface area contributed by atoms with E-state index in [0.717, 1.165) is 41.8 Å². The molecule has 0 aliphatic heterocycles. The molecule has 2 rings (SSSR count). The first-order chi connectivity index (χ1) is 9.13. The molecule has 0 aliphatic rings. The van der Waals surface area contributed by atoms with Crippen LogP contribution in [0.1, 0.15) is 24.2 Å². The number of carbonyl (C=O) groups excluding carboxylic acids is 1. The average Bonchev–Trinajstić information content (AvgIpc) is 2.70. The van der Waals surface area contributed by atoms with Gasteiger partial charge in [-0.3, -0.25) is 4.79 Å². The van der Waals surface area contributed by atoms with Crippen molar-refractivity contribution in [2.75, 3.05) is 5.88 Å². The third-order valence-electron chi connectivity index (χ3n) is 3.18. The molecule has 0 radical (unpaired) electrons. The van der Waals surface area contributed by atoms with Crippen molar-refractivity contribution in [1.29, 1.82) is 0 Å². The van der Waals surface area contributed by atoms with Crippen LogP contribution in [-0.4, -0.2) is 21.3 Å². The summed E-state index contributed by atoms with van der Waals surface area (Å²) in [4.78, 5) is 15.5. The van der Waals surface area contributed by atoms with Crippen LogP contribution in [0.5, 0.6) is 0 Å². The van der Waals surface area contributed by atoms with Crippen LogP contribution in [0, 0.1) is 6.92 Å². The number of nitrogens with zero attached hydrogens (tertiary/aromatic N) is 2. The first-order valence-electron chi connectivity index (χ1n) is 6.42. The molecular formula is C14H18ClN3O. The zero-order valence-electron chi connectivity index (χ0n) is 11.0. The summed E-state index contributed by atoms with van der Waals surface area (Å²) in [7, 11) is 0. The van der Waals surface area contributed by atoms with Crippen molar-refractivity contribution in [3.05, 3.63) is 29.6 Å². The topological polar surface area (TPSA) is 60.9 Å². The summed E-state index contributed by atoms with van der Waals surface area (Å²) in [5.74, 6) is 1.25. The van der Waals surface area contributed by atoms with Gasteiger partial charge in [0, 0.05) is 25.3 Å². The van der Waals surface area contributed by atoms with Gasteiger partial charge in [-0.25, -0.2) is 4.98 Å². The van der Waals surface area contributed by atoms with E-state index in [1.807, 2.05) is 19.1 Å². The lowest BCUT2D eigenvalue weighted by Gasteiger charge is -2.07. The molecule has 2 N–H and O–H groups in total. The fraction of sp³-hybridized carbons (Fsp3) is 0.429. The Morgan fingerprint density at radius 2 is 2.26 bits per heavy atom. The highest BCUT2D eigenvalue weighted by molar-refractivity contribution is 6.17. The molecule has 0 fully saturated rings. The Morgan fingerprint density at radius 1 is 1.47 bits per heavy atom. The molecule has 2 aromatic rings. The Hall–Kier alpha value is -1.55. The molecule has 0 aliphatic carbocycles. The molecule has 1 aromatic carbocycles. The molecule has 19 heavy (non-hydrogen) atoms. The molecule has 102 valence electrons. The molecule has 5 heteroatoms. The SMILES string of the molecule is Cc1cccc2c1nc(CCCl)n2CCCC(N)=O. The van der Waals surface area contributed by atoms with Gasteiger partial charge in [0.25, 0.3) is 0 Å². The highest BCUT2D eigenvalue weighted by Gasteiger charge is 2.11. The van der Waals surface area contributed by atoms with Crippen molar-refractivity contribution in [3.8, 4) is 0 Å². The maximum Gasteiger partial charge on any atom is 0.217 e. The third-order valence-corrected chi connectivity index (χ3v) is 3.37. The number of carbonyl (C=O) groups is 1. The van der Waals surface area contributed by atoms with Gasteiger partial charge in [0.1, 0.15) is 5.82 Å². The maximum absolute atomic E-state index is 10.8. The number of alkyl halides is 1. The molecule has 0 unspecified atom stereocenters. The number of halogens is 1. The van der Waals surface area contributed by atoms with Gasteiger partial charge >= 0.3 is 0 Å². The minimum absolute atomic E-state index is 0.264. The van der Waals surface area contributed by atoms with E-state index in [9.17, 15) is 4.79 Å². The smallest absolute Gasteiger partial charge is 0.217 e. The average molecular weight is 280 g/mol. The minimum Gasteiger partial charge on any atom is -0.370 e. The van der Waals surface area contributed by atoms with E-state index in [1.165, 1.54) is 0 Å². The fourth-order valence-corrected chi connectivity index (χ4v) is 2.44. The first kappa shape index (κ1) is 13.9.